The molecule has 1 unspecified atom stereocenters. The highest BCUT2D eigenvalue weighted by atomic mass is 16.6. The fraction of sp³-hybridized carbons (Fsp3) is 0.462. The number of nitrogens with zero attached hydrogens (tertiary/aromatic N) is 2. The molecule has 1 aromatic carbocycles. The van der Waals surface area contributed by atoms with Gasteiger partial charge < -0.3 is 10.1 Å². The second-order valence-corrected chi connectivity index (χ2v) is 4.12. The van der Waals surface area contributed by atoms with E-state index in [4.69, 9.17) is 10.00 Å². The van der Waals surface area contributed by atoms with Crippen LogP contribution in [-0.2, 0) is 6.54 Å². The number of hydrogen-bond acceptors (Lipinski definition) is 5. The summed E-state index contributed by atoms with van der Waals surface area (Å²) in [5.74, 6) is 0.503. The van der Waals surface area contributed by atoms with Crippen molar-refractivity contribution in [2.24, 2.45) is 0 Å². The minimum atomic E-state index is -0.591. The van der Waals surface area contributed by atoms with Gasteiger partial charge in [-0.2, -0.15) is 5.26 Å². The third-order valence-electron chi connectivity index (χ3n) is 2.48. The molecular formula is C13H17N3O3. The van der Waals surface area contributed by atoms with Crippen LogP contribution < -0.4 is 10.1 Å². The summed E-state index contributed by atoms with van der Waals surface area (Å²) in [7, 11) is 0. The van der Waals surface area contributed by atoms with Gasteiger partial charge in [0, 0.05) is 24.2 Å². The number of hydrogen-bond donors (Lipinski definition) is 1. The lowest BCUT2D eigenvalue weighted by atomic mass is 10.1. The van der Waals surface area contributed by atoms with Gasteiger partial charge in [-0.05, 0) is 26.0 Å². The maximum Gasteiger partial charge on any atom is 0.270 e. The Morgan fingerprint density at radius 3 is 2.89 bits per heavy atom. The number of nitro benzene ring substituents is 1. The highest BCUT2D eigenvalue weighted by Gasteiger charge is 2.13. The molecule has 0 saturated heterocycles. The molecular weight excluding hydrogens is 246 g/mol. The molecule has 1 N–H and O–H groups in total. The van der Waals surface area contributed by atoms with Crippen molar-refractivity contribution in [3.05, 3.63) is 33.9 Å². The quantitative estimate of drug-likeness (QED) is 0.463. The predicted molar refractivity (Wildman–Crippen MR) is 70.8 cm³/mol. The van der Waals surface area contributed by atoms with Crippen LogP contribution in [0.5, 0.6) is 5.75 Å². The lowest BCUT2D eigenvalue weighted by Gasteiger charge is -2.13. The van der Waals surface area contributed by atoms with Gasteiger partial charge in [0.1, 0.15) is 11.8 Å². The average molecular weight is 263 g/mol. The Morgan fingerprint density at radius 2 is 2.32 bits per heavy atom. The average Bonchev–Trinajstić information content (AvgIpc) is 2.40. The monoisotopic (exact) mass is 263 g/mol. The van der Waals surface area contributed by atoms with E-state index in [0.29, 0.717) is 17.9 Å². The highest BCUT2D eigenvalue weighted by Crippen LogP contribution is 2.25. The first kappa shape index (κ1) is 14.9. The maximum absolute atomic E-state index is 10.8. The molecule has 0 saturated carbocycles. The van der Waals surface area contributed by atoms with Crippen LogP contribution in [0.1, 0.15) is 25.8 Å². The number of rotatable bonds is 7. The molecule has 0 aromatic heterocycles. The fourth-order valence-electron chi connectivity index (χ4n) is 1.55. The van der Waals surface area contributed by atoms with E-state index in [1.807, 2.05) is 13.0 Å². The minimum Gasteiger partial charge on any atom is -0.476 e. The summed E-state index contributed by atoms with van der Waals surface area (Å²) in [6.45, 7) is 4.96. The van der Waals surface area contributed by atoms with E-state index in [-0.39, 0.29) is 5.69 Å². The fourth-order valence-corrected chi connectivity index (χ4v) is 1.55. The summed E-state index contributed by atoms with van der Waals surface area (Å²) in [6, 6.07) is 6.36. The van der Waals surface area contributed by atoms with E-state index in [9.17, 15) is 10.1 Å². The Bertz CT molecular complexity index is 483. The molecule has 0 heterocycles. The number of non-ortho nitro benzene ring substituents is 1. The second-order valence-electron chi connectivity index (χ2n) is 4.12. The number of benzene rings is 1. The van der Waals surface area contributed by atoms with Crippen molar-refractivity contribution in [2.75, 3.05) is 6.54 Å². The molecule has 102 valence electrons. The predicted octanol–water partition coefficient (Wildman–Crippen LogP) is 2.39. The zero-order valence-electron chi connectivity index (χ0n) is 11.0. The molecule has 0 aliphatic heterocycles. The van der Waals surface area contributed by atoms with E-state index >= 15 is 0 Å². The van der Waals surface area contributed by atoms with Gasteiger partial charge in [0.2, 0.25) is 0 Å². The largest absolute Gasteiger partial charge is 0.476 e. The lowest BCUT2D eigenvalue weighted by molar-refractivity contribution is -0.384. The molecule has 6 nitrogen and oxygen atoms in total. The van der Waals surface area contributed by atoms with Crippen molar-refractivity contribution < 1.29 is 9.66 Å². The Labute approximate surface area is 112 Å². The first-order valence-electron chi connectivity index (χ1n) is 6.12. The van der Waals surface area contributed by atoms with Gasteiger partial charge in [0.05, 0.1) is 4.92 Å². The minimum absolute atomic E-state index is 0.0188. The van der Waals surface area contributed by atoms with Gasteiger partial charge in [0.15, 0.2) is 6.10 Å². The molecule has 19 heavy (non-hydrogen) atoms. The molecule has 0 spiro atoms. The third-order valence-corrected chi connectivity index (χ3v) is 2.48. The summed E-state index contributed by atoms with van der Waals surface area (Å²) in [6.07, 6.45) is 0.381. The zero-order chi connectivity index (χ0) is 14.3. The van der Waals surface area contributed by atoms with Crippen molar-refractivity contribution in [1.82, 2.24) is 5.32 Å². The smallest absolute Gasteiger partial charge is 0.270 e. The van der Waals surface area contributed by atoms with Crippen molar-refractivity contribution in [3.8, 4) is 11.8 Å². The van der Waals surface area contributed by atoms with Crippen LogP contribution in [-0.4, -0.2) is 17.6 Å². The Hall–Kier alpha value is -2.13. The SMILES string of the molecule is CCCNCc1cc([N+](=O)[O-])ccc1OC(C)C#N. The molecule has 1 rings (SSSR count). The topological polar surface area (TPSA) is 88.2 Å². The van der Waals surface area contributed by atoms with E-state index in [1.165, 1.54) is 18.2 Å². The van der Waals surface area contributed by atoms with E-state index in [2.05, 4.69) is 5.32 Å². The van der Waals surface area contributed by atoms with Crippen molar-refractivity contribution in [2.45, 2.75) is 32.9 Å². The maximum atomic E-state index is 10.8. The normalized spacial score (nSPS) is 11.6. The van der Waals surface area contributed by atoms with Crippen molar-refractivity contribution >= 4 is 5.69 Å². The van der Waals surface area contributed by atoms with Crippen LogP contribution in [0.2, 0.25) is 0 Å². The summed E-state index contributed by atoms with van der Waals surface area (Å²) >= 11 is 0. The van der Waals surface area contributed by atoms with Crippen molar-refractivity contribution in [3.63, 3.8) is 0 Å². The first-order chi connectivity index (χ1) is 9.08. The van der Waals surface area contributed by atoms with Gasteiger partial charge in [-0.25, -0.2) is 0 Å². The van der Waals surface area contributed by atoms with Gasteiger partial charge in [0.25, 0.3) is 5.69 Å². The Balaban J connectivity index is 2.94. The molecule has 0 aliphatic carbocycles. The van der Waals surface area contributed by atoms with Crippen molar-refractivity contribution in [1.29, 1.82) is 5.26 Å². The van der Waals surface area contributed by atoms with Gasteiger partial charge >= 0.3 is 0 Å². The van der Waals surface area contributed by atoms with Crippen LogP contribution in [0.25, 0.3) is 0 Å². The molecule has 1 atom stereocenters. The van der Waals surface area contributed by atoms with Gasteiger partial charge in [-0.15, -0.1) is 0 Å². The summed E-state index contributed by atoms with van der Waals surface area (Å²) in [5, 5.41) is 22.7. The highest BCUT2D eigenvalue weighted by molar-refractivity contribution is 5.44. The van der Waals surface area contributed by atoms with Crippen LogP contribution in [0.3, 0.4) is 0 Å². The molecule has 6 heteroatoms. The summed E-state index contributed by atoms with van der Waals surface area (Å²) < 4.78 is 5.44. The lowest BCUT2D eigenvalue weighted by Crippen LogP contribution is -2.16. The molecule has 0 bridgehead atoms. The standard InChI is InChI=1S/C13H17N3O3/c1-3-6-15-9-11-7-12(16(17)18)4-5-13(11)19-10(2)8-14/h4-5,7,10,15H,3,6,9H2,1-2H3. The second kappa shape index (κ2) is 7.34. The van der Waals surface area contributed by atoms with E-state index < -0.39 is 11.0 Å². The molecule has 0 aliphatic rings. The first-order valence-corrected chi connectivity index (χ1v) is 6.12. The summed E-state index contributed by atoms with van der Waals surface area (Å²) in [5.41, 5.74) is 0.704. The number of nitriles is 1. The van der Waals surface area contributed by atoms with E-state index in [0.717, 1.165) is 13.0 Å². The zero-order valence-corrected chi connectivity index (χ0v) is 11.0. The Kier molecular flexibility index (Phi) is 5.76. The molecule has 0 fully saturated rings. The van der Waals surface area contributed by atoms with Crippen LogP contribution in [0.15, 0.2) is 18.2 Å². The number of nitrogens with one attached hydrogen (secondary N) is 1. The Morgan fingerprint density at radius 1 is 1.58 bits per heavy atom. The van der Waals surface area contributed by atoms with Gasteiger partial charge in [-0.1, -0.05) is 6.92 Å². The number of ether oxygens (including phenoxy) is 1. The van der Waals surface area contributed by atoms with Gasteiger partial charge in [-0.3, -0.25) is 10.1 Å². The van der Waals surface area contributed by atoms with Crippen LogP contribution >= 0.6 is 0 Å². The summed E-state index contributed by atoms with van der Waals surface area (Å²) in [4.78, 5) is 10.3. The molecule has 1 aromatic rings. The molecule has 0 radical (unpaired) electrons. The molecule has 0 amide bonds. The third kappa shape index (κ3) is 4.56. The van der Waals surface area contributed by atoms with Crippen LogP contribution in [0.4, 0.5) is 5.69 Å². The number of nitro groups is 1. The van der Waals surface area contributed by atoms with E-state index in [1.54, 1.807) is 6.92 Å². The van der Waals surface area contributed by atoms with Crippen LogP contribution in [0, 0.1) is 21.4 Å².